The van der Waals surface area contributed by atoms with E-state index in [-0.39, 0.29) is 5.75 Å². The third-order valence-electron chi connectivity index (χ3n) is 7.24. The number of likely N-dealkylation sites (tertiary alicyclic amines) is 1. The zero-order valence-corrected chi connectivity index (χ0v) is 21.2. The average Bonchev–Trinajstić information content (AvgIpc) is 3.28. The largest absolute Gasteiger partial charge is 0.507 e. The van der Waals surface area contributed by atoms with Gasteiger partial charge in [0.25, 0.3) is 0 Å². The topological polar surface area (TPSA) is 76.3 Å². The fourth-order valence-electron chi connectivity index (χ4n) is 5.14. The first kappa shape index (κ1) is 23.2. The average molecular weight is 492 g/mol. The second kappa shape index (κ2) is 9.33. The van der Waals surface area contributed by atoms with Gasteiger partial charge in [-0.15, -0.1) is 0 Å². The van der Waals surface area contributed by atoms with E-state index in [4.69, 9.17) is 4.74 Å². The second-order valence-electron chi connectivity index (χ2n) is 9.59. The van der Waals surface area contributed by atoms with E-state index in [0.717, 1.165) is 75.5 Å². The van der Waals surface area contributed by atoms with Crippen molar-refractivity contribution in [3.8, 4) is 45.0 Å². The number of fused-ring (bicyclic) bond motifs is 1. The first-order valence-electron chi connectivity index (χ1n) is 12.5. The predicted molar refractivity (Wildman–Crippen MR) is 146 cm³/mol. The van der Waals surface area contributed by atoms with Crippen molar-refractivity contribution in [2.24, 2.45) is 7.05 Å². The number of phenols is 1. The van der Waals surface area contributed by atoms with Crippen molar-refractivity contribution in [3.05, 3.63) is 78.6 Å². The van der Waals surface area contributed by atoms with Crippen LogP contribution in [0.5, 0.6) is 11.5 Å². The van der Waals surface area contributed by atoms with Gasteiger partial charge in [-0.1, -0.05) is 37.3 Å². The third-order valence-corrected chi connectivity index (χ3v) is 7.24. The Balaban J connectivity index is 1.45. The molecular formula is C30H29N5O2. The Bertz CT molecular complexity index is 1590. The van der Waals surface area contributed by atoms with Crippen LogP contribution in [-0.4, -0.2) is 56.7 Å². The maximum absolute atomic E-state index is 10.8. The third kappa shape index (κ3) is 4.21. The molecule has 3 aromatic carbocycles. The molecule has 3 heterocycles. The van der Waals surface area contributed by atoms with Crippen LogP contribution < -0.4 is 4.74 Å². The van der Waals surface area contributed by atoms with Gasteiger partial charge < -0.3 is 14.7 Å². The van der Waals surface area contributed by atoms with Crippen molar-refractivity contribution < 1.29 is 9.84 Å². The van der Waals surface area contributed by atoms with Gasteiger partial charge in [-0.05, 0) is 59.6 Å². The van der Waals surface area contributed by atoms with Crippen LogP contribution in [0.15, 0.2) is 72.9 Å². The van der Waals surface area contributed by atoms with Crippen molar-refractivity contribution in [2.75, 3.05) is 26.7 Å². The number of aromatic nitrogens is 4. The van der Waals surface area contributed by atoms with Gasteiger partial charge in [0.15, 0.2) is 0 Å². The highest BCUT2D eigenvalue weighted by atomic mass is 16.5. The Morgan fingerprint density at radius 3 is 2.49 bits per heavy atom. The molecule has 0 spiro atoms. The maximum atomic E-state index is 10.8. The van der Waals surface area contributed by atoms with Crippen LogP contribution in [0.25, 0.3) is 44.4 Å². The Morgan fingerprint density at radius 1 is 0.919 bits per heavy atom. The molecule has 1 saturated heterocycles. The number of likely N-dealkylation sites (N-methyl/N-ethyl adjacent to an activating group) is 1. The first-order chi connectivity index (χ1) is 18.0. The van der Waals surface area contributed by atoms with Crippen molar-refractivity contribution in [1.29, 1.82) is 0 Å². The van der Waals surface area contributed by atoms with Crippen molar-refractivity contribution in [2.45, 2.75) is 12.8 Å². The fraction of sp³-hybridized carbons (Fsp3) is 0.233. The number of hydrogen-bond donors (Lipinski definition) is 1. The Morgan fingerprint density at radius 2 is 1.76 bits per heavy atom. The van der Waals surface area contributed by atoms with Crippen LogP contribution in [0.2, 0.25) is 0 Å². The van der Waals surface area contributed by atoms with E-state index in [9.17, 15) is 5.11 Å². The molecule has 7 nitrogen and oxygen atoms in total. The molecule has 186 valence electrons. The van der Waals surface area contributed by atoms with Gasteiger partial charge in [0, 0.05) is 48.8 Å². The predicted octanol–water partition coefficient (Wildman–Crippen LogP) is 5.50. The SMILES string of the molecule is CCN1CC(c2ccc(-c3ccc(-c4cc(OC)c5nn(C)cc5c4)cc3-c3ccccc3O)nn2)C1. The number of benzene rings is 3. The molecular weight excluding hydrogens is 462 g/mol. The quantitative estimate of drug-likeness (QED) is 0.338. The molecule has 0 aliphatic carbocycles. The maximum Gasteiger partial charge on any atom is 0.147 e. The van der Waals surface area contributed by atoms with Gasteiger partial charge in [-0.2, -0.15) is 15.3 Å². The Hall–Kier alpha value is -4.23. The first-order valence-corrected chi connectivity index (χ1v) is 12.5. The van der Waals surface area contributed by atoms with E-state index in [0.29, 0.717) is 5.92 Å². The van der Waals surface area contributed by atoms with Gasteiger partial charge in [0.05, 0.1) is 18.5 Å². The lowest BCUT2D eigenvalue weighted by Gasteiger charge is -2.37. The normalized spacial score (nSPS) is 14.1. The molecule has 7 heteroatoms. The molecule has 0 saturated carbocycles. The number of methoxy groups -OCH3 is 1. The van der Waals surface area contributed by atoms with Crippen LogP contribution in [0.4, 0.5) is 0 Å². The van der Waals surface area contributed by atoms with E-state index in [1.165, 1.54) is 0 Å². The number of aryl methyl sites for hydroxylation is 1. The summed E-state index contributed by atoms with van der Waals surface area (Å²) < 4.78 is 7.44. The number of hydrogen-bond acceptors (Lipinski definition) is 6. The van der Waals surface area contributed by atoms with E-state index in [1.54, 1.807) is 17.9 Å². The highest BCUT2D eigenvalue weighted by molar-refractivity contribution is 5.92. The van der Waals surface area contributed by atoms with Crippen LogP contribution in [0.1, 0.15) is 18.5 Å². The molecule has 0 radical (unpaired) electrons. The van der Waals surface area contributed by atoms with Crippen LogP contribution in [0, 0.1) is 0 Å². The summed E-state index contributed by atoms with van der Waals surface area (Å²) in [7, 11) is 3.57. The van der Waals surface area contributed by atoms with Crippen molar-refractivity contribution in [1.82, 2.24) is 24.9 Å². The molecule has 0 atom stereocenters. The second-order valence-corrected chi connectivity index (χ2v) is 9.59. The molecule has 0 amide bonds. The van der Waals surface area contributed by atoms with Gasteiger partial charge in [-0.3, -0.25) is 4.68 Å². The molecule has 1 aliphatic heterocycles. The molecule has 0 bridgehead atoms. The van der Waals surface area contributed by atoms with Gasteiger partial charge in [0.1, 0.15) is 17.0 Å². The molecule has 5 aromatic rings. The van der Waals surface area contributed by atoms with Crippen molar-refractivity contribution >= 4 is 10.9 Å². The van der Waals surface area contributed by atoms with E-state index < -0.39 is 0 Å². The molecule has 2 aromatic heterocycles. The molecule has 1 aliphatic rings. The number of ether oxygens (including phenoxy) is 1. The lowest BCUT2D eigenvalue weighted by molar-refractivity contribution is 0.154. The summed E-state index contributed by atoms with van der Waals surface area (Å²) >= 11 is 0. The molecule has 1 fully saturated rings. The van der Waals surface area contributed by atoms with Crippen LogP contribution in [0.3, 0.4) is 0 Å². The Labute approximate surface area is 216 Å². The summed E-state index contributed by atoms with van der Waals surface area (Å²) in [6, 6.07) is 21.9. The summed E-state index contributed by atoms with van der Waals surface area (Å²) in [6.07, 6.45) is 1.98. The summed E-state index contributed by atoms with van der Waals surface area (Å²) in [5.41, 5.74) is 7.21. The summed E-state index contributed by atoms with van der Waals surface area (Å²) in [5, 5.41) is 25.5. The van der Waals surface area contributed by atoms with E-state index in [2.05, 4.69) is 57.5 Å². The summed E-state index contributed by atoms with van der Waals surface area (Å²) in [5.74, 6) is 1.39. The molecule has 1 N–H and O–H groups in total. The Kier molecular flexibility index (Phi) is 5.85. The minimum absolute atomic E-state index is 0.222. The standard InChI is InChI=1S/C30H29N5O2/c1-4-35-17-22(18-35)26-11-12-27(32-31-26)23-10-9-19(14-25(23)24-7-5-6-8-28(24)36)20-13-21-16-34(2)33-30(21)29(15-20)37-3/h5-16,22,36H,4,17-18H2,1-3H3. The van der Waals surface area contributed by atoms with E-state index >= 15 is 0 Å². The lowest BCUT2D eigenvalue weighted by atomic mass is 9.91. The van der Waals surface area contributed by atoms with Crippen LogP contribution in [-0.2, 0) is 7.05 Å². The van der Waals surface area contributed by atoms with Gasteiger partial charge >= 0.3 is 0 Å². The number of rotatable bonds is 6. The molecule has 37 heavy (non-hydrogen) atoms. The zero-order chi connectivity index (χ0) is 25.5. The highest BCUT2D eigenvalue weighted by Gasteiger charge is 2.28. The fourth-order valence-corrected chi connectivity index (χ4v) is 5.14. The number of nitrogens with zero attached hydrogens (tertiary/aromatic N) is 5. The molecule has 0 unspecified atom stereocenters. The summed E-state index contributed by atoms with van der Waals surface area (Å²) in [6.45, 7) is 5.32. The van der Waals surface area contributed by atoms with Crippen LogP contribution >= 0.6 is 0 Å². The molecule has 6 rings (SSSR count). The summed E-state index contributed by atoms with van der Waals surface area (Å²) in [4.78, 5) is 2.40. The highest BCUT2D eigenvalue weighted by Crippen LogP contribution is 2.40. The monoisotopic (exact) mass is 491 g/mol. The number of phenolic OH excluding ortho intramolecular Hbond substituents is 1. The minimum Gasteiger partial charge on any atom is -0.507 e. The minimum atomic E-state index is 0.222. The van der Waals surface area contributed by atoms with E-state index in [1.807, 2.05) is 43.6 Å². The smallest absolute Gasteiger partial charge is 0.147 e. The lowest BCUT2D eigenvalue weighted by Crippen LogP contribution is -2.44. The van der Waals surface area contributed by atoms with Gasteiger partial charge in [-0.25, -0.2) is 0 Å². The number of para-hydroxylation sites is 1. The zero-order valence-electron chi connectivity index (χ0n) is 21.2. The van der Waals surface area contributed by atoms with Gasteiger partial charge in [0.2, 0.25) is 0 Å². The number of aromatic hydroxyl groups is 1. The van der Waals surface area contributed by atoms with Crippen molar-refractivity contribution in [3.63, 3.8) is 0 Å².